The summed E-state index contributed by atoms with van der Waals surface area (Å²) in [6.45, 7) is 2.01. The van der Waals surface area contributed by atoms with Gasteiger partial charge in [0.05, 0.1) is 11.8 Å². The molecule has 4 rings (SSSR count). The van der Waals surface area contributed by atoms with Gasteiger partial charge >= 0.3 is 0 Å². The minimum atomic E-state index is 0.641. The molecule has 0 spiro atoms. The van der Waals surface area contributed by atoms with Crippen LogP contribution in [-0.2, 0) is 19.3 Å². The van der Waals surface area contributed by atoms with Gasteiger partial charge in [-0.2, -0.15) is 0 Å². The zero-order chi connectivity index (χ0) is 14.4. The Morgan fingerprint density at radius 2 is 2.05 bits per heavy atom. The Morgan fingerprint density at radius 3 is 2.86 bits per heavy atom. The van der Waals surface area contributed by atoms with Crippen molar-refractivity contribution in [3.8, 4) is 0 Å². The van der Waals surface area contributed by atoms with Crippen molar-refractivity contribution in [3.05, 3.63) is 32.3 Å². The van der Waals surface area contributed by atoms with Crippen molar-refractivity contribution < 1.29 is 0 Å². The van der Waals surface area contributed by atoms with Crippen LogP contribution in [0.3, 0.4) is 0 Å². The van der Waals surface area contributed by atoms with Gasteiger partial charge in [0, 0.05) is 16.0 Å². The minimum Gasteiger partial charge on any atom is -0.383 e. The van der Waals surface area contributed by atoms with Crippen LogP contribution in [0.5, 0.6) is 0 Å². The Hall–Kier alpha value is -1.53. The van der Waals surface area contributed by atoms with Gasteiger partial charge in [-0.25, -0.2) is 15.0 Å². The van der Waals surface area contributed by atoms with E-state index in [1.54, 1.807) is 22.7 Å². The van der Waals surface area contributed by atoms with Gasteiger partial charge in [-0.1, -0.05) is 0 Å². The van der Waals surface area contributed by atoms with Crippen molar-refractivity contribution in [2.45, 2.75) is 39.0 Å². The largest absolute Gasteiger partial charge is 0.383 e. The molecule has 3 aromatic rings. The number of nitrogens with zero attached hydrogens (tertiary/aromatic N) is 3. The number of nitrogen functional groups attached to an aromatic ring is 1. The van der Waals surface area contributed by atoms with Crippen molar-refractivity contribution in [3.63, 3.8) is 0 Å². The molecule has 0 unspecified atom stereocenters. The number of hydrogen-bond donors (Lipinski definition) is 1. The van der Waals surface area contributed by atoms with Crippen molar-refractivity contribution >= 4 is 38.7 Å². The van der Waals surface area contributed by atoms with Gasteiger partial charge < -0.3 is 5.73 Å². The van der Waals surface area contributed by atoms with E-state index in [2.05, 4.69) is 15.3 Å². The molecule has 0 saturated carbocycles. The number of aromatic nitrogens is 3. The lowest BCUT2D eigenvalue weighted by molar-refractivity contribution is 0.700. The van der Waals surface area contributed by atoms with E-state index >= 15 is 0 Å². The molecule has 0 bridgehead atoms. The molecule has 0 atom stereocenters. The van der Waals surface area contributed by atoms with E-state index in [4.69, 9.17) is 10.7 Å². The lowest BCUT2D eigenvalue weighted by Crippen LogP contribution is -2.03. The summed E-state index contributed by atoms with van der Waals surface area (Å²) in [6.07, 6.45) is 5.47. The summed E-state index contributed by atoms with van der Waals surface area (Å²) in [5, 5.41) is 4.21. The Labute approximate surface area is 131 Å². The average Bonchev–Trinajstić information content (AvgIpc) is 3.02. The molecular weight excluding hydrogens is 300 g/mol. The highest BCUT2D eigenvalue weighted by Crippen LogP contribution is 2.37. The molecule has 3 heterocycles. The van der Waals surface area contributed by atoms with E-state index in [1.165, 1.54) is 23.3 Å². The lowest BCUT2D eigenvalue weighted by atomic mass is 9.97. The molecule has 0 fully saturated rings. The maximum absolute atomic E-state index is 6.22. The summed E-state index contributed by atoms with van der Waals surface area (Å²) < 4.78 is 0. The molecular formula is C15H16N4S2. The molecule has 0 aromatic carbocycles. The standard InChI is InChI=1S/C15H16N4S2/c1-8-7-20-12(17-8)6-11-18-14(16)13-9-4-2-3-5-10(9)21-15(13)19-11/h7H,2-6H2,1H3,(H2,16,18,19). The Morgan fingerprint density at radius 1 is 1.19 bits per heavy atom. The highest BCUT2D eigenvalue weighted by Gasteiger charge is 2.20. The first-order chi connectivity index (χ1) is 10.2. The van der Waals surface area contributed by atoms with E-state index in [9.17, 15) is 0 Å². The van der Waals surface area contributed by atoms with Crippen LogP contribution in [-0.4, -0.2) is 15.0 Å². The summed E-state index contributed by atoms with van der Waals surface area (Å²) in [4.78, 5) is 16.3. The summed E-state index contributed by atoms with van der Waals surface area (Å²) in [5.74, 6) is 1.43. The second kappa shape index (κ2) is 5.03. The predicted octanol–water partition coefficient (Wildman–Crippen LogP) is 3.51. The molecule has 4 nitrogen and oxygen atoms in total. The third kappa shape index (κ3) is 2.32. The molecule has 108 valence electrons. The zero-order valence-corrected chi connectivity index (χ0v) is 13.5. The van der Waals surface area contributed by atoms with Crippen molar-refractivity contribution in [2.75, 3.05) is 5.73 Å². The second-order valence-electron chi connectivity index (χ2n) is 5.48. The Balaban J connectivity index is 1.78. The number of anilines is 1. The van der Waals surface area contributed by atoms with Gasteiger partial charge in [-0.05, 0) is 38.2 Å². The highest BCUT2D eigenvalue weighted by atomic mass is 32.1. The minimum absolute atomic E-state index is 0.641. The molecule has 2 N–H and O–H groups in total. The van der Waals surface area contributed by atoms with E-state index in [-0.39, 0.29) is 0 Å². The first-order valence-electron chi connectivity index (χ1n) is 7.18. The highest BCUT2D eigenvalue weighted by molar-refractivity contribution is 7.19. The fourth-order valence-electron chi connectivity index (χ4n) is 2.93. The smallest absolute Gasteiger partial charge is 0.139 e. The number of aryl methyl sites for hydroxylation is 3. The van der Waals surface area contributed by atoms with Crippen LogP contribution in [0, 0.1) is 6.92 Å². The van der Waals surface area contributed by atoms with E-state index in [0.29, 0.717) is 12.2 Å². The summed E-state index contributed by atoms with van der Waals surface area (Å²) in [6, 6.07) is 0. The molecule has 1 aliphatic carbocycles. The molecule has 0 radical (unpaired) electrons. The molecule has 0 amide bonds. The molecule has 3 aromatic heterocycles. The predicted molar refractivity (Wildman–Crippen MR) is 88.1 cm³/mol. The topological polar surface area (TPSA) is 64.7 Å². The molecule has 1 aliphatic rings. The third-order valence-corrected chi connectivity index (χ3v) is 6.02. The van der Waals surface area contributed by atoms with Crippen LogP contribution in [0.2, 0.25) is 0 Å². The van der Waals surface area contributed by atoms with Crippen molar-refractivity contribution in [2.24, 2.45) is 0 Å². The van der Waals surface area contributed by atoms with Gasteiger partial charge in [0.15, 0.2) is 0 Å². The van der Waals surface area contributed by atoms with E-state index < -0.39 is 0 Å². The number of fused-ring (bicyclic) bond motifs is 3. The maximum atomic E-state index is 6.22. The van der Waals surface area contributed by atoms with Crippen LogP contribution in [0.1, 0.15) is 39.8 Å². The Kier molecular flexibility index (Phi) is 3.15. The first kappa shape index (κ1) is 13.2. The molecule has 0 aliphatic heterocycles. The van der Waals surface area contributed by atoms with Gasteiger partial charge in [-0.3, -0.25) is 0 Å². The summed E-state index contributed by atoms with van der Waals surface area (Å²) in [7, 11) is 0. The second-order valence-corrected chi connectivity index (χ2v) is 7.50. The van der Waals surface area contributed by atoms with Gasteiger partial charge in [0.25, 0.3) is 0 Å². The van der Waals surface area contributed by atoms with Crippen molar-refractivity contribution in [1.82, 2.24) is 15.0 Å². The first-order valence-corrected chi connectivity index (χ1v) is 8.88. The Bertz CT molecular complexity index is 819. The number of thiophene rings is 1. The monoisotopic (exact) mass is 316 g/mol. The fraction of sp³-hybridized carbons (Fsp3) is 0.400. The van der Waals surface area contributed by atoms with Crippen molar-refractivity contribution in [1.29, 1.82) is 0 Å². The zero-order valence-electron chi connectivity index (χ0n) is 11.8. The maximum Gasteiger partial charge on any atom is 0.139 e. The number of rotatable bonds is 2. The fourth-order valence-corrected chi connectivity index (χ4v) is 4.99. The van der Waals surface area contributed by atoms with Crippen LogP contribution < -0.4 is 5.73 Å². The summed E-state index contributed by atoms with van der Waals surface area (Å²) in [5.41, 5.74) is 8.67. The SMILES string of the molecule is Cc1csc(Cc2nc(N)c3c4c(sc3n2)CCCC4)n1. The van der Waals surface area contributed by atoms with E-state index in [0.717, 1.165) is 39.6 Å². The number of nitrogens with two attached hydrogens (primary N) is 1. The summed E-state index contributed by atoms with van der Waals surface area (Å²) >= 11 is 3.45. The quantitative estimate of drug-likeness (QED) is 0.786. The molecule has 6 heteroatoms. The number of hydrogen-bond acceptors (Lipinski definition) is 6. The molecule has 21 heavy (non-hydrogen) atoms. The lowest BCUT2D eigenvalue weighted by Gasteiger charge is -2.10. The van der Waals surface area contributed by atoms with Gasteiger partial charge in [-0.15, -0.1) is 22.7 Å². The van der Waals surface area contributed by atoms with Gasteiger partial charge in [0.2, 0.25) is 0 Å². The van der Waals surface area contributed by atoms with Crippen LogP contribution in [0.25, 0.3) is 10.2 Å². The molecule has 0 saturated heterocycles. The normalized spacial score (nSPS) is 14.5. The average molecular weight is 316 g/mol. The van der Waals surface area contributed by atoms with Gasteiger partial charge in [0.1, 0.15) is 21.5 Å². The van der Waals surface area contributed by atoms with Crippen LogP contribution >= 0.6 is 22.7 Å². The van der Waals surface area contributed by atoms with Crippen LogP contribution in [0.15, 0.2) is 5.38 Å². The van der Waals surface area contributed by atoms with E-state index in [1.807, 2.05) is 6.92 Å². The number of thiazole rings is 1. The third-order valence-electron chi connectivity index (χ3n) is 3.86. The van der Waals surface area contributed by atoms with Crippen LogP contribution in [0.4, 0.5) is 5.82 Å².